The maximum absolute atomic E-state index is 13.6. The first-order chi connectivity index (χ1) is 15.2. The molecule has 7 heteroatoms. The summed E-state index contributed by atoms with van der Waals surface area (Å²) >= 11 is 0. The maximum Gasteiger partial charge on any atom is 0.227 e. The normalized spacial score (nSPS) is 29.9. The Morgan fingerprint density at radius 1 is 1.32 bits per heavy atom. The Labute approximate surface area is 186 Å². The van der Waals surface area contributed by atoms with Gasteiger partial charge in [-0.1, -0.05) is 13.0 Å². The van der Waals surface area contributed by atoms with Crippen LogP contribution in [-0.4, -0.2) is 86.3 Å². The summed E-state index contributed by atoms with van der Waals surface area (Å²) in [4.78, 5) is 23.0. The molecule has 1 amide bonds. The summed E-state index contributed by atoms with van der Waals surface area (Å²) in [7, 11) is 1.64. The number of carbonyl (C=O) groups excluding carboxylic acids is 1. The summed E-state index contributed by atoms with van der Waals surface area (Å²) in [5, 5.41) is 3.30. The summed E-state index contributed by atoms with van der Waals surface area (Å²) in [5.74, 6) is 1.36. The number of hydrogen-bond donors (Lipinski definition) is 1. The number of nitrogens with zero attached hydrogens (tertiary/aromatic N) is 3. The minimum Gasteiger partial charge on any atom is -0.481 e. The quantitative estimate of drug-likeness (QED) is 0.713. The molecule has 4 rings (SSSR count). The van der Waals surface area contributed by atoms with Crippen LogP contribution >= 0.6 is 0 Å². The highest BCUT2D eigenvalue weighted by Gasteiger charge is 2.52. The Balaban J connectivity index is 1.41. The molecule has 3 fully saturated rings. The fraction of sp³-hybridized carbons (Fsp3) is 0.750. The van der Waals surface area contributed by atoms with Crippen LogP contribution in [0.4, 0.5) is 0 Å². The fourth-order valence-corrected chi connectivity index (χ4v) is 5.92. The van der Waals surface area contributed by atoms with E-state index in [-0.39, 0.29) is 11.3 Å². The second-order valence-corrected chi connectivity index (χ2v) is 9.26. The first kappa shape index (κ1) is 22.5. The summed E-state index contributed by atoms with van der Waals surface area (Å²) in [6.45, 7) is 9.60. The molecule has 1 saturated carbocycles. The number of likely N-dealkylation sites (tertiary alicyclic amines) is 1. The highest BCUT2D eigenvalue weighted by atomic mass is 16.5. The third kappa shape index (κ3) is 4.89. The molecule has 1 unspecified atom stereocenters. The van der Waals surface area contributed by atoms with Gasteiger partial charge < -0.3 is 19.7 Å². The standard InChI is InChI=1S/C24H38N4O3/c1-3-27-12-8-20-17-21(28-13-15-31-16-14-28)6-9-24(20,18-27)23(29)26-11-7-19-5-4-10-25-22(19)30-2/h4-5,10,20-21H,3,6-9,11-18H2,1-2H3,(H,26,29)/t20-,21?,24-/m1/s1. The van der Waals surface area contributed by atoms with Crippen LogP contribution in [0.5, 0.6) is 5.88 Å². The smallest absolute Gasteiger partial charge is 0.227 e. The van der Waals surface area contributed by atoms with Crippen molar-refractivity contribution in [2.75, 3.05) is 59.6 Å². The van der Waals surface area contributed by atoms with Crippen LogP contribution in [-0.2, 0) is 16.0 Å². The number of fused-ring (bicyclic) bond motifs is 1. The molecule has 1 aromatic rings. The molecule has 0 radical (unpaired) electrons. The fourth-order valence-electron chi connectivity index (χ4n) is 5.92. The zero-order valence-electron chi connectivity index (χ0n) is 19.1. The highest BCUT2D eigenvalue weighted by Crippen LogP contribution is 2.47. The van der Waals surface area contributed by atoms with Crippen LogP contribution in [0, 0.1) is 11.3 Å². The minimum atomic E-state index is -0.254. The third-order valence-corrected chi connectivity index (χ3v) is 7.75. The first-order valence-corrected chi connectivity index (χ1v) is 12.0. The van der Waals surface area contributed by atoms with E-state index in [0.717, 1.165) is 83.6 Å². The van der Waals surface area contributed by atoms with Crippen molar-refractivity contribution in [3.8, 4) is 5.88 Å². The lowest BCUT2D eigenvalue weighted by Gasteiger charge is -2.53. The molecule has 3 aliphatic rings. The van der Waals surface area contributed by atoms with Gasteiger partial charge in [-0.2, -0.15) is 0 Å². The molecule has 1 aromatic heterocycles. The van der Waals surface area contributed by atoms with Crippen LogP contribution in [0.25, 0.3) is 0 Å². The van der Waals surface area contributed by atoms with Crippen molar-refractivity contribution in [2.24, 2.45) is 11.3 Å². The molecule has 172 valence electrons. The van der Waals surface area contributed by atoms with Gasteiger partial charge in [0.15, 0.2) is 0 Å². The number of aromatic nitrogens is 1. The number of methoxy groups -OCH3 is 1. The largest absolute Gasteiger partial charge is 0.481 e. The lowest BCUT2D eigenvalue weighted by molar-refractivity contribution is -0.144. The Kier molecular flexibility index (Phi) is 7.46. The van der Waals surface area contributed by atoms with Gasteiger partial charge in [0.05, 0.1) is 25.7 Å². The van der Waals surface area contributed by atoms with Crippen LogP contribution in [0.1, 0.15) is 38.2 Å². The molecule has 31 heavy (non-hydrogen) atoms. The summed E-state index contributed by atoms with van der Waals surface area (Å²) in [6.07, 6.45) is 6.83. The Hall–Kier alpha value is -1.70. The van der Waals surface area contributed by atoms with E-state index in [1.54, 1.807) is 13.3 Å². The molecule has 7 nitrogen and oxygen atoms in total. The Morgan fingerprint density at radius 3 is 2.94 bits per heavy atom. The van der Waals surface area contributed by atoms with E-state index in [1.165, 1.54) is 0 Å². The molecule has 1 N–H and O–H groups in total. The van der Waals surface area contributed by atoms with Crippen LogP contribution in [0.3, 0.4) is 0 Å². The molecular weight excluding hydrogens is 392 g/mol. The van der Waals surface area contributed by atoms with Gasteiger partial charge in [-0.05, 0) is 57.2 Å². The average Bonchev–Trinajstić information content (AvgIpc) is 2.84. The number of pyridine rings is 1. The van der Waals surface area contributed by atoms with E-state index in [9.17, 15) is 4.79 Å². The van der Waals surface area contributed by atoms with Crippen molar-refractivity contribution in [3.05, 3.63) is 23.9 Å². The second kappa shape index (κ2) is 10.3. The van der Waals surface area contributed by atoms with Crippen molar-refractivity contribution in [3.63, 3.8) is 0 Å². The number of morpholine rings is 1. The predicted octanol–water partition coefficient (Wildman–Crippen LogP) is 1.96. The van der Waals surface area contributed by atoms with Crippen molar-refractivity contribution >= 4 is 5.91 Å². The van der Waals surface area contributed by atoms with Gasteiger partial charge in [-0.25, -0.2) is 4.98 Å². The lowest BCUT2D eigenvalue weighted by atomic mass is 9.61. The Bertz CT molecular complexity index is 739. The van der Waals surface area contributed by atoms with E-state index in [4.69, 9.17) is 9.47 Å². The molecule has 2 aliphatic heterocycles. The number of piperidine rings is 1. The van der Waals surface area contributed by atoms with Crippen LogP contribution in [0.15, 0.2) is 18.3 Å². The average molecular weight is 431 g/mol. The molecular formula is C24H38N4O3. The predicted molar refractivity (Wildman–Crippen MR) is 120 cm³/mol. The topological polar surface area (TPSA) is 66.9 Å². The van der Waals surface area contributed by atoms with Gasteiger partial charge in [0.1, 0.15) is 0 Å². The highest BCUT2D eigenvalue weighted by molar-refractivity contribution is 5.83. The van der Waals surface area contributed by atoms with Gasteiger partial charge in [0, 0.05) is 44.0 Å². The van der Waals surface area contributed by atoms with Crippen molar-refractivity contribution in [1.29, 1.82) is 0 Å². The van der Waals surface area contributed by atoms with E-state index in [2.05, 4.69) is 27.0 Å². The summed E-state index contributed by atoms with van der Waals surface area (Å²) < 4.78 is 10.9. The van der Waals surface area contributed by atoms with Gasteiger partial charge in [-0.3, -0.25) is 9.69 Å². The zero-order chi connectivity index (χ0) is 21.7. The van der Waals surface area contributed by atoms with E-state index < -0.39 is 0 Å². The number of nitrogens with one attached hydrogen (secondary N) is 1. The lowest BCUT2D eigenvalue weighted by Crippen LogP contribution is -2.61. The molecule has 0 spiro atoms. The maximum atomic E-state index is 13.6. The van der Waals surface area contributed by atoms with Gasteiger partial charge in [0.2, 0.25) is 11.8 Å². The summed E-state index contributed by atoms with van der Waals surface area (Å²) in [5.41, 5.74) is 0.782. The molecule has 3 atom stereocenters. The molecule has 2 saturated heterocycles. The number of rotatable bonds is 7. The van der Waals surface area contributed by atoms with Gasteiger partial charge in [0.25, 0.3) is 0 Å². The molecule has 1 aliphatic carbocycles. The first-order valence-electron chi connectivity index (χ1n) is 12.0. The molecule has 0 aromatic carbocycles. The van der Waals surface area contributed by atoms with Gasteiger partial charge >= 0.3 is 0 Å². The number of ether oxygens (including phenoxy) is 2. The molecule has 0 bridgehead atoms. The monoisotopic (exact) mass is 430 g/mol. The SMILES string of the molecule is CCN1CC[C@@H]2CC(N3CCOCC3)CC[C@@]2(C(=O)NCCc2cccnc2OC)C1. The minimum absolute atomic E-state index is 0.249. The van der Waals surface area contributed by atoms with Crippen LogP contribution in [0.2, 0.25) is 0 Å². The van der Waals surface area contributed by atoms with E-state index >= 15 is 0 Å². The van der Waals surface area contributed by atoms with E-state index in [1.807, 2.05) is 12.1 Å². The molecule has 3 heterocycles. The second-order valence-electron chi connectivity index (χ2n) is 9.26. The third-order valence-electron chi connectivity index (χ3n) is 7.75. The van der Waals surface area contributed by atoms with Crippen molar-refractivity contribution in [1.82, 2.24) is 20.1 Å². The zero-order valence-corrected chi connectivity index (χ0v) is 19.1. The van der Waals surface area contributed by atoms with Crippen LogP contribution < -0.4 is 10.1 Å². The number of hydrogen-bond acceptors (Lipinski definition) is 6. The Morgan fingerprint density at radius 2 is 2.16 bits per heavy atom. The van der Waals surface area contributed by atoms with E-state index in [0.29, 0.717) is 24.4 Å². The number of carbonyl (C=O) groups is 1. The van der Waals surface area contributed by atoms with Crippen molar-refractivity contribution < 1.29 is 14.3 Å². The number of amides is 1. The summed E-state index contributed by atoms with van der Waals surface area (Å²) in [6, 6.07) is 4.54. The van der Waals surface area contributed by atoms with Gasteiger partial charge in [-0.15, -0.1) is 0 Å². The van der Waals surface area contributed by atoms with Crippen molar-refractivity contribution in [2.45, 2.75) is 45.1 Å².